The molecule has 0 atom stereocenters. The van der Waals surface area contributed by atoms with Crippen LogP contribution in [0.3, 0.4) is 0 Å². The molecule has 0 aliphatic heterocycles. The van der Waals surface area contributed by atoms with Crippen LogP contribution in [0.1, 0.15) is 62.6 Å². The van der Waals surface area contributed by atoms with Gasteiger partial charge in [-0.3, -0.25) is 9.13 Å². The molecule has 0 amide bonds. The third-order valence-corrected chi connectivity index (χ3v) is 6.37. The molecule has 0 spiro atoms. The van der Waals surface area contributed by atoms with Crippen molar-refractivity contribution in [3.8, 4) is 0 Å². The summed E-state index contributed by atoms with van der Waals surface area (Å²) in [5.74, 6) is 0.595. The highest BCUT2D eigenvalue weighted by Gasteiger charge is 2.24. The number of rotatable bonds is 8. The second-order valence-corrected chi connectivity index (χ2v) is 8.37. The van der Waals surface area contributed by atoms with Crippen LogP contribution in [0.25, 0.3) is 11.2 Å². The van der Waals surface area contributed by atoms with Gasteiger partial charge in [-0.05, 0) is 30.4 Å². The third kappa shape index (κ3) is 4.25. The molecule has 0 saturated heterocycles. The summed E-state index contributed by atoms with van der Waals surface area (Å²) >= 11 is 3.49. The van der Waals surface area contributed by atoms with Crippen LogP contribution in [-0.4, -0.2) is 25.6 Å². The first kappa shape index (κ1) is 20.1. The van der Waals surface area contributed by atoms with E-state index in [0.717, 1.165) is 54.3 Å². The van der Waals surface area contributed by atoms with Crippen molar-refractivity contribution in [3.05, 3.63) is 52.1 Å². The normalized spacial score (nSPS) is 14.7. The molecule has 1 aliphatic rings. The number of nitrogens with zero attached hydrogens (tertiary/aromatic N) is 4. The summed E-state index contributed by atoms with van der Waals surface area (Å²) in [5.41, 5.74) is 3.91. The maximum atomic E-state index is 13.4. The smallest absolute Gasteiger partial charge is 0.330 e. The number of hydrogen-bond acceptors (Lipinski definition) is 4. The lowest BCUT2D eigenvalue weighted by Gasteiger charge is -2.10. The Kier molecular flexibility index (Phi) is 6.33. The molecule has 0 bridgehead atoms. The number of halogens is 1. The van der Waals surface area contributed by atoms with E-state index in [1.165, 1.54) is 18.4 Å². The summed E-state index contributed by atoms with van der Waals surface area (Å²) in [6.45, 7) is 3.51. The lowest BCUT2D eigenvalue weighted by atomic mass is 10.1. The van der Waals surface area contributed by atoms with Gasteiger partial charge < -0.3 is 5.32 Å². The fourth-order valence-electron chi connectivity index (χ4n) is 4.10. The number of nitrogens with one attached hydrogen (secondary N) is 1. The number of fused-ring (bicyclic) bond motifs is 1. The van der Waals surface area contributed by atoms with Crippen LogP contribution >= 0.6 is 15.9 Å². The quantitative estimate of drug-likeness (QED) is 0.387. The number of anilines is 1. The van der Waals surface area contributed by atoms with E-state index in [2.05, 4.69) is 57.4 Å². The molecule has 6 nitrogen and oxygen atoms in total. The van der Waals surface area contributed by atoms with Crippen molar-refractivity contribution in [2.45, 2.75) is 63.4 Å². The van der Waals surface area contributed by atoms with Gasteiger partial charge in [-0.2, -0.15) is 4.98 Å². The van der Waals surface area contributed by atoms with Crippen molar-refractivity contribution in [3.63, 3.8) is 0 Å². The van der Waals surface area contributed by atoms with Crippen molar-refractivity contribution < 1.29 is 0 Å². The SMILES string of the molecule is CCCCNc1ncc2c(n1)n(Cc1ccc(CBr)cc1)c(=O)n2C1CCCC1. The third-order valence-electron chi connectivity index (χ3n) is 5.72. The Labute approximate surface area is 179 Å². The minimum atomic E-state index is 0.0245. The molecule has 154 valence electrons. The van der Waals surface area contributed by atoms with Gasteiger partial charge in [-0.15, -0.1) is 0 Å². The van der Waals surface area contributed by atoms with E-state index in [1.54, 1.807) is 0 Å². The zero-order valence-corrected chi connectivity index (χ0v) is 18.5. The standard InChI is InChI=1S/C22H28BrN5O/c1-2-3-12-24-21-25-14-19-20(26-21)27(15-17-10-8-16(13-23)9-11-17)22(29)28(19)18-6-4-5-7-18/h8-11,14,18H,2-7,12-13,15H2,1H3,(H,24,25,26). The van der Waals surface area contributed by atoms with Gasteiger partial charge in [0, 0.05) is 17.9 Å². The molecular weight excluding hydrogens is 430 g/mol. The molecule has 1 aliphatic carbocycles. The number of benzene rings is 1. The largest absolute Gasteiger partial charge is 0.354 e. The minimum Gasteiger partial charge on any atom is -0.354 e. The maximum Gasteiger partial charge on any atom is 0.330 e. The zero-order chi connectivity index (χ0) is 20.2. The van der Waals surface area contributed by atoms with Gasteiger partial charge in [0.05, 0.1) is 12.7 Å². The van der Waals surface area contributed by atoms with Crippen molar-refractivity contribution in [2.75, 3.05) is 11.9 Å². The average molecular weight is 458 g/mol. The van der Waals surface area contributed by atoms with Gasteiger partial charge in [0.25, 0.3) is 0 Å². The Hall–Kier alpha value is -2.15. The van der Waals surface area contributed by atoms with Crippen LogP contribution in [0.5, 0.6) is 0 Å². The van der Waals surface area contributed by atoms with Gasteiger partial charge in [-0.25, -0.2) is 9.78 Å². The van der Waals surface area contributed by atoms with E-state index in [0.29, 0.717) is 12.5 Å². The van der Waals surface area contributed by atoms with Crippen molar-refractivity contribution in [1.82, 2.24) is 19.1 Å². The van der Waals surface area contributed by atoms with Crippen LogP contribution in [0.2, 0.25) is 0 Å². The lowest BCUT2D eigenvalue weighted by molar-refractivity contribution is 0.505. The van der Waals surface area contributed by atoms with Crippen LogP contribution in [0.4, 0.5) is 5.95 Å². The second kappa shape index (κ2) is 9.11. The van der Waals surface area contributed by atoms with Gasteiger partial charge in [0.15, 0.2) is 5.65 Å². The van der Waals surface area contributed by atoms with Gasteiger partial charge in [0.1, 0.15) is 5.52 Å². The van der Waals surface area contributed by atoms with Crippen molar-refractivity contribution in [1.29, 1.82) is 0 Å². The second-order valence-electron chi connectivity index (χ2n) is 7.81. The van der Waals surface area contributed by atoms with Crippen molar-refractivity contribution >= 4 is 33.0 Å². The summed E-state index contributed by atoms with van der Waals surface area (Å²) in [7, 11) is 0. The Morgan fingerprint density at radius 2 is 1.90 bits per heavy atom. The summed E-state index contributed by atoms with van der Waals surface area (Å²) in [6.07, 6.45) is 8.45. The molecule has 2 heterocycles. The number of imidazole rings is 1. The number of unbranched alkanes of at least 4 members (excludes halogenated alkanes) is 1. The summed E-state index contributed by atoms with van der Waals surface area (Å²) < 4.78 is 3.74. The highest BCUT2D eigenvalue weighted by Crippen LogP contribution is 2.31. The van der Waals surface area contributed by atoms with Crippen LogP contribution < -0.4 is 11.0 Å². The Bertz CT molecular complexity index is 1020. The first-order valence-corrected chi connectivity index (χ1v) is 11.7. The topological polar surface area (TPSA) is 64.7 Å². The van der Waals surface area contributed by atoms with Gasteiger partial charge in [-0.1, -0.05) is 66.4 Å². The van der Waals surface area contributed by atoms with Gasteiger partial charge >= 0.3 is 5.69 Å². The first-order valence-electron chi connectivity index (χ1n) is 10.6. The maximum absolute atomic E-state index is 13.4. The lowest BCUT2D eigenvalue weighted by Crippen LogP contribution is -2.27. The predicted molar refractivity (Wildman–Crippen MR) is 121 cm³/mol. The Balaban J connectivity index is 1.75. The summed E-state index contributed by atoms with van der Waals surface area (Å²) in [6, 6.07) is 8.62. The van der Waals surface area contributed by atoms with E-state index >= 15 is 0 Å². The van der Waals surface area contributed by atoms with Crippen LogP contribution in [0.15, 0.2) is 35.3 Å². The number of aromatic nitrogens is 4. The van der Waals surface area contributed by atoms with Crippen molar-refractivity contribution in [2.24, 2.45) is 0 Å². The van der Waals surface area contributed by atoms with E-state index < -0.39 is 0 Å². The molecule has 29 heavy (non-hydrogen) atoms. The van der Waals surface area contributed by atoms with E-state index in [4.69, 9.17) is 4.98 Å². The highest BCUT2D eigenvalue weighted by molar-refractivity contribution is 9.08. The molecular formula is C22H28BrN5O. The van der Waals surface area contributed by atoms with E-state index in [-0.39, 0.29) is 11.7 Å². The number of alkyl halides is 1. The molecule has 3 aromatic rings. The Morgan fingerprint density at radius 3 is 2.59 bits per heavy atom. The Morgan fingerprint density at radius 1 is 1.17 bits per heavy atom. The number of hydrogen-bond donors (Lipinski definition) is 1. The zero-order valence-electron chi connectivity index (χ0n) is 16.9. The molecule has 1 aromatic carbocycles. The molecule has 2 aromatic heterocycles. The summed E-state index contributed by atoms with van der Waals surface area (Å²) in [5, 5.41) is 4.12. The highest BCUT2D eigenvalue weighted by atomic mass is 79.9. The first-order chi connectivity index (χ1) is 14.2. The molecule has 4 rings (SSSR count). The fourth-order valence-corrected chi connectivity index (χ4v) is 4.47. The fraction of sp³-hybridized carbons (Fsp3) is 0.500. The molecule has 1 saturated carbocycles. The molecule has 0 radical (unpaired) electrons. The van der Waals surface area contributed by atoms with Crippen LogP contribution in [0, 0.1) is 0 Å². The molecule has 7 heteroatoms. The van der Waals surface area contributed by atoms with E-state index in [9.17, 15) is 4.79 Å². The molecule has 0 unspecified atom stereocenters. The molecule has 1 N–H and O–H groups in total. The average Bonchev–Trinajstić information content (AvgIpc) is 3.36. The van der Waals surface area contributed by atoms with Crippen LogP contribution in [-0.2, 0) is 11.9 Å². The summed E-state index contributed by atoms with van der Waals surface area (Å²) in [4.78, 5) is 22.6. The monoisotopic (exact) mass is 457 g/mol. The predicted octanol–water partition coefficient (Wildman–Crippen LogP) is 4.86. The van der Waals surface area contributed by atoms with E-state index in [1.807, 2.05) is 15.3 Å². The van der Waals surface area contributed by atoms with Gasteiger partial charge in [0.2, 0.25) is 5.95 Å². The minimum absolute atomic E-state index is 0.0245. The molecule has 1 fully saturated rings.